The Bertz CT molecular complexity index is 554. The highest BCUT2D eigenvalue weighted by Crippen LogP contribution is 2.25. The SMILES string of the molecule is CC1COCCN1Cc1ccc2nc(N)sc2c1. The molecule has 0 amide bonds. The highest BCUT2D eigenvalue weighted by Gasteiger charge is 2.18. The zero-order chi connectivity index (χ0) is 12.5. The molecule has 4 nitrogen and oxygen atoms in total. The number of thiazole rings is 1. The van der Waals surface area contributed by atoms with Crippen molar-refractivity contribution < 1.29 is 4.74 Å². The molecule has 2 N–H and O–H groups in total. The fourth-order valence-corrected chi connectivity index (χ4v) is 3.11. The Balaban J connectivity index is 1.81. The summed E-state index contributed by atoms with van der Waals surface area (Å²) >= 11 is 1.55. The average molecular weight is 263 g/mol. The Morgan fingerprint density at radius 3 is 3.28 bits per heavy atom. The van der Waals surface area contributed by atoms with Gasteiger partial charge in [0.2, 0.25) is 0 Å². The van der Waals surface area contributed by atoms with Gasteiger partial charge in [-0.1, -0.05) is 17.4 Å². The second kappa shape index (κ2) is 4.84. The van der Waals surface area contributed by atoms with Crippen LogP contribution in [0.1, 0.15) is 12.5 Å². The van der Waals surface area contributed by atoms with Gasteiger partial charge < -0.3 is 10.5 Å². The number of hydrogen-bond donors (Lipinski definition) is 1. The molecule has 18 heavy (non-hydrogen) atoms. The van der Waals surface area contributed by atoms with E-state index in [1.807, 2.05) is 0 Å². The summed E-state index contributed by atoms with van der Waals surface area (Å²) in [6.45, 7) is 5.85. The minimum atomic E-state index is 0.487. The monoisotopic (exact) mass is 263 g/mol. The van der Waals surface area contributed by atoms with Gasteiger partial charge in [0.1, 0.15) is 0 Å². The number of fused-ring (bicyclic) bond motifs is 1. The maximum absolute atomic E-state index is 5.73. The van der Waals surface area contributed by atoms with E-state index < -0.39 is 0 Å². The lowest BCUT2D eigenvalue weighted by molar-refractivity contribution is -0.00435. The molecule has 0 aliphatic carbocycles. The highest BCUT2D eigenvalue weighted by molar-refractivity contribution is 7.22. The molecule has 0 spiro atoms. The Morgan fingerprint density at radius 1 is 1.56 bits per heavy atom. The fraction of sp³-hybridized carbons (Fsp3) is 0.462. The summed E-state index contributed by atoms with van der Waals surface area (Å²) in [5.41, 5.74) is 8.04. The molecule has 1 aromatic heterocycles. The van der Waals surface area contributed by atoms with Crippen molar-refractivity contribution in [3.8, 4) is 0 Å². The van der Waals surface area contributed by atoms with Crippen molar-refractivity contribution in [3.63, 3.8) is 0 Å². The molecular formula is C13H17N3OS. The summed E-state index contributed by atoms with van der Waals surface area (Å²) in [6, 6.07) is 6.89. The molecule has 1 fully saturated rings. The standard InChI is InChI=1S/C13H17N3OS/c1-9-8-17-5-4-16(9)7-10-2-3-11-12(6-10)18-13(14)15-11/h2-3,6,9H,4-5,7-8H2,1H3,(H2,14,15). The summed E-state index contributed by atoms with van der Waals surface area (Å²) in [6.07, 6.45) is 0. The topological polar surface area (TPSA) is 51.4 Å². The smallest absolute Gasteiger partial charge is 0.181 e. The van der Waals surface area contributed by atoms with Crippen LogP contribution in [0.15, 0.2) is 18.2 Å². The van der Waals surface area contributed by atoms with E-state index >= 15 is 0 Å². The van der Waals surface area contributed by atoms with Gasteiger partial charge in [-0.3, -0.25) is 4.90 Å². The van der Waals surface area contributed by atoms with Gasteiger partial charge in [0.05, 0.1) is 23.4 Å². The molecule has 1 unspecified atom stereocenters. The Labute approximate surface area is 110 Å². The summed E-state index contributed by atoms with van der Waals surface area (Å²) in [5.74, 6) is 0. The first-order valence-corrected chi connectivity index (χ1v) is 7.01. The lowest BCUT2D eigenvalue weighted by atomic mass is 10.1. The lowest BCUT2D eigenvalue weighted by Gasteiger charge is -2.33. The molecule has 5 heteroatoms. The zero-order valence-corrected chi connectivity index (χ0v) is 11.2. The van der Waals surface area contributed by atoms with Gasteiger partial charge in [0.15, 0.2) is 5.13 Å². The Hall–Kier alpha value is -1.17. The highest BCUT2D eigenvalue weighted by atomic mass is 32.1. The number of nitrogen functional groups attached to an aromatic ring is 1. The van der Waals surface area contributed by atoms with Gasteiger partial charge in [-0.25, -0.2) is 4.98 Å². The zero-order valence-electron chi connectivity index (χ0n) is 10.4. The molecule has 1 saturated heterocycles. The van der Waals surface area contributed by atoms with E-state index in [-0.39, 0.29) is 0 Å². The summed E-state index contributed by atoms with van der Waals surface area (Å²) < 4.78 is 6.63. The molecular weight excluding hydrogens is 246 g/mol. The van der Waals surface area contributed by atoms with Crippen LogP contribution in [0.5, 0.6) is 0 Å². The molecule has 0 saturated carbocycles. The van der Waals surface area contributed by atoms with Crippen LogP contribution in [0.2, 0.25) is 0 Å². The number of benzene rings is 1. The number of anilines is 1. The normalized spacial score (nSPS) is 21.5. The lowest BCUT2D eigenvalue weighted by Crippen LogP contribution is -2.42. The first-order chi connectivity index (χ1) is 8.72. The van der Waals surface area contributed by atoms with Crippen LogP contribution >= 0.6 is 11.3 Å². The molecule has 3 rings (SSSR count). The van der Waals surface area contributed by atoms with Crippen molar-refractivity contribution in [2.75, 3.05) is 25.5 Å². The van der Waals surface area contributed by atoms with E-state index in [4.69, 9.17) is 10.5 Å². The largest absolute Gasteiger partial charge is 0.379 e. The van der Waals surface area contributed by atoms with Crippen LogP contribution in [0.3, 0.4) is 0 Å². The van der Waals surface area contributed by atoms with Crippen molar-refractivity contribution in [2.45, 2.75) is 19.5 Å². The third-order valence-corrected chi connectivity index (χ3v) is 4.21. The average Bonchev–Trinajstić information content (AvgIpc) is 2.71. The van der Waals surface area contributed by atoms with Gasteiger partial charge in [-0.2, -0.15) is 0 Å². The molecule has 1 aromatic carbocycles. The van der Waals surface area contributed by atoms with Crippen molar-refractivity contribution in [1.29, 1.82) is 0 Å². The molecule has 0 bridgehead atoms. The molecule has 1 atom stereocenters. The van der Waals surface area contributed by atoms with Gasteiger partial charge >= 0.3 is 0 Å². The molecule has 0 radical (unpaired) electrons. The minimum Gasteiger partial charge on any atom is -0.379 e. The maximum atomic E-state index is 5.73. The molecule has 2 heterocycles. The maximum Gasteiger partial charge on any atom is 0.181 e. The Kier molecular flexibility index (Phi) is 3.20. The second-order valence-corrected chi connectivity index (χ2v) is 5.81. The molecule has 96 valence electrons. The number of rotatable bonds is 2. The third kappa shape index (κ3) is 2.34. The summed E-state index contributed by atoms with van der Waals surface area (Å²) in [7, 11) is 0. The van der Waals surface area contributed by atoms with Gasteiger partial charge in [0.25, 0.3) is 0 Å². The van der Waals surface area contributed by atoms with Crippen LogP contribution in [-0.2, 0) is 11.3 Å². The van der Waals surface area contributed by atoms with Crippen LogP contribution in [0.25, 0.3) is 10.2 Å². The molecule has 2 aromatic rings. The van der Waals surface area contributed by atoms with E-state index in [2.05, 4.69) is 35.0 Å². The first kappa shape index (κ1) is 11.9. The summed E-state index contributed by atoms with van der Waals surface area (Å²) in [5, 5.41) is 0.641. The number of hydrogen-bond acceptors (Lipinski definition) is 5. The molecule has 1 aliphatic rings. The molecule has 1 aliphatic heterocycles. The number of aromatic nitrogens is 1. The van der Waals surface area contributed by atoms with Crippen LogP contribution < -0.4 is 5.73 Å². The summed E-state index contributed by atoms with van der Waals surface area (Å²) in [4.78, 5) is 6.73. The van der Waals surface area contributed by atoms with Crippen molar-refractivity contribution in [3.05, 3.63) is 23.8 Å². The van der Waals surface area contributed by atoms with Gasteiger partial charge in [-0.05, 0) is 24.6 Å². The Morgan fingerprint density at radius 2 is 2.44 bits per heavy atom. The van der Waals surface area contributed by atoms with E-state index in [0.717, 1.165) is 31.8 Å². The van der Waals surface area contributed by atoms with E-state index in [1.165, 1.54) is 10.3 Å². The van der Waals surface area contributed by atoms with E-state index in [1.54, 1.807) is 11.3 Å². The van der Waals surface area contributed by atoms with Gasteiger partial charge in [-0.15, -0.1) is 0 Å². The van der Waals surface area contributed by atoms with Crippen molar-refractivity contribution in [1.82, 2.24) is 9.88 Å². The predicted octanol–water partition coefficient (Wildman–Crippen LogP) is 2.10. The number of nitrogens with two attached hydrogens (primary N) is 1. The third-order valence-electron chi connectivity index (χ3n) is 3.36. The van der Waals surface area contributed by atoms with E-state index in [0.29, 0.717) is 11.2 Å². The number of nitrogens with zero attached hydrogens (tertiary/aromatic N) is 2. The van der Waals surface area contributed by atoms with Crippen molar-refractivity contribution >= 4 is 26.7 Å². The quantitative estimate of drug-likeness (QED) is 0.901. The van der Waals surface area contributed by atoms with Crippen molar-refractivity contribution in [2.24, 2.45) is 0 Å². The van der Waals surface area contributed by atoms with E-state index in [9.17, 15) is 0 Å². The van der Waals surface area contributed by atoms with Gasteiger partial charge in [0, 0.05) is 19.1 Å². The minimum absolute atomic E-state index is 0.487. The second-order valence-electron chi connectivity index (χ2n) is 4.75. The fourth-order valence-electron chi connectivity index (χ4n) is 2.32. The van der Waals surface area contributed by atoms with Crippen LogP contribution in [-0.4, -0.2) is 35.7 Å². The number of ether oxygens (including phenoxy) is 1. The first-order valence-electron chi connectivity index (χ1n) is 6.19. The number of morpholine rings is 1. The van der Waals surface area contributed by atoms with Crippen LogP contribution in [0, 0.1) is 0 Å². The predicted molar refractivity (Wildman–Crippen MR) is 74.7 cm³/mol. The van der Waals surface area contributed by atoms with Crippen LogP contribution in [0.4, 0.5) is 5.13 Å².